The summed E-state index contributed by atoms with van der Waals surface area (Å²) in [6, 6.07) is -2.03. The molecular formula is C23H13F10N3O6S2. The SMILES string of the molecule is Cc1c(-c2ccc(OS(N)(=O)=O)cc2)n(C(F)(F)c2c(F)c(F)c(F)c(F)c2F)c2cc(OS(N)(=O)=O)cc(C(F)(F)F)c12. The largest absolute Gasteiger partial charge is 0.417 e. The first kappa shape index (κ1) is 32.8. The van der Waals surface area contributed by atoms with Crippen molar-refractivity contribution in [2.75, 3.05) is 0 Å². The van der Waals surface area contributed by atoms with Gasteiger partial charge in [0.25, 0.3) is 0 Å². The van der Waals surface area contributed by atoms with Crippen LogP contribution >= 0.6 is 0 Å². The van der Waals surface area contributed by atoms with Gasteiger partial charge < -0.3 is 8.37 Å². The van der Waals surface area contributed by atoms with Gasteiger partial charge in [0.2, 0.25) is 5.82 Å². The number of hydrogen-bond acceptors (Lipinski definition) is 6. The summed E-state index contributed by atoms with van der Waals surface area (Å²) in [5.41, 5.74) is -8.33. The van der Waals surface area contributed by atoms with Crippen LogP contribution in [0, 0.1) is 36.0 Å². The number of benzene rings is 3. The molecule has 0 fully saturated rings. The van der Waals surface area contributed by atoms with E-state index in [4.69, 9.17) is 5.14 Å². The molecule has 0 saturated carbocycles. The predicted octanol–water partition coefficient (Wildman–Crippen LogP) is 5.09. The lowest BCUT2D eigenvalue weighted by molar-refractivity contribution is -0.136. The van der Waals surface area contributed by atoms with Gasteiger partial charge in [0.1, 0.15) is 17.1 Å². The van der Waals surface area contributed by atoms with Gasteiger partial charge in [0, 0.05) is 11.5 Å². The first-order valence-corrected chi connectivity index (χ1v) is 14.1. The monoisotopic (exact) mass is 681 g/mol. The normalized spacial score (nSPS) is 13.0. The summed E-state index contributed by atoms with van der Waals surface area (Å²) >= 11 is 0. The minimum atomic E-state index is -5.46. The number of nitrogens with two attached hydrogens (primary N) is 2. The van der Waals surface area contributed by atoms with Crippen molar-refractivity contribution in [1.29, 1.82) is 0 Å². The Morgan fingerprint density at radius 1 is 0.705 bits per heavy atom. The fraction of sp³-hybridized carbons (Fsp3) is 0.130. The summed E-state index contributed by atoms with van der Waals surface area (Å²) in [5, 5.41) is 8.27. The van der Waals surface area contributed by atoms with Gasteiger partial charge in [-0.3, -0.25) is 4.57 Å². The van der Waals surface area contributed by atoms with E-state index < -0.39 is 117 Å². The van der Waals surface area contributed by atoms with E-state index in [2.05, 4.69) is 13.5 Å². The summed E-state index contributed by atoms with van der Waals surface area (Å²) in [6.07, 6.45) is -5.46. The van der Waals surface area contributed by atoms with Crippen LogP contribution in [0.1, 0.15) is 16.7 Å². The van der Waals surface area contributed by atoms with Crippen LogP contribution in [0.25, 0.3) is 22.2 Å². The smallest absolute Gasteiger partial charge is 0.371 e. The van der Waals surface area contributed by atoms with Gasteiger partial charge in [0.05, 0.1) is 16.8 Å². The first-order chi connectivity index (χ1) is 20.0. The Bertz CT molecular complexity index is 2020. The molecule has 0 unspecified atom stereocenters. The fourth-order valence-corrected chi connectivity index (χ4v) is 5.15. The van der Waals surface area contributed by atoms with Crippen molar-refractivity contribution in [2.24, 2.45) is 10.3 Å². The van der Waals surface area contributed by atoms with Crippen molar-refractivity contribution in [1.82, 2.24) is 4.57 Å². The third-order valence-electron chi connectivity index (χ3n) is 5.94. The molecule has 0 aliphatic heterocycles. The quantitative estimate of drug-likeness (QED) is 0.158. The van der Waals surface area contributed by atoms with Crippen LogP contribution in [-0.2, 0) is 32.8 Å². The van der Waals surface area contributed by atoms with Crippen LogP contribution < -0.4 is 18.6 Å². The molecule has 4 N–H and O–H groups in total. The van der Waals surface area contributed by atoms with Crippen LogP contribution in [0.2, 0.25) is 0 Å². The van der Waals surface area contributed by atoms with Gasteiger partial charge in [-0.25, -0.2) is 22.0 Å². The van der Waals surface area contributed by atoms with E-state index >= 15 is 8.78 Å². The zero-order valence-corrected chi connectivity index (χ0v) is 22.7. The molecule has 0 bridgehead atoms. The molecule has 9 nitrogen and oxygen atoms in total. The number of halogens is 10. The molecule has 4 aromatic rings. The van der Waals surface area contributed by atoms with E-state index in [9.17, 15) is 52.0 Å². The van der Waals surface area contributed by atoms with Crippen molar-refractivity contribution in [2.45, 2.75) is 19.1 Å². The van der Waals surface area contributed by atoms with E-state index in [1.165, 1.54) is 0 Å². The van der Waals surface area contributed by atoms with Gasteiger partial charge in [0.15, 0.2) is 23.3 Å². The van der Waals surface area contributed by atoms with Crippen LogP contribution in [0.4, 0.5) is 43.9 Å². The van der Waals surface area contributed by atoms with E-state index in [-0.39, 0.29) is 12.1 Å². The Kier molecular flexibility index (Phi) is 7.85. The third-order valence-corrected chi connectivity index (χ3v) is 6.78. The zero-order valence-electron chi connectivity index (χ0n) is 21.1. The molecule has 238 valence electrons. The summed E-state index contributed by atoms with van der Waals surface area (Å²) in [6.45, 7) is 0.812. The summed E-state index contributed by atoms with van der Waals surface area (Å²) < 4.78 is 200. The lowest BCUT2D eigenvalue weighted by atomic mass is 10.0. The Hall–Kier alpha value is -4.08. The molecule has 1 heterocycles. The average Bonchev–Trinajstić information content (AvgIpc) is 3.16. The molecule has 0 radical (unpaired) electrons. The third kappa shape index (κ3) is 5.86. The molecule has 0 aliphatic rings. The van der Waals surface area contributed by atoms with Crippen LogP contribution in [0.3, 0.4) is 0 Å². The van der Waals surface area contributed by atoms with E-state index in [0.29, 0.717) is 0 Å². The lowest BCUT2D eigenvalue weighted by Gasteiger charge is -2.24. The maximum atomic E-state index is 16.2. The Morgan fingerprint density at radius 3 is 1.61 bits per heavy atom. The predicted molar refractivity (Wildman–Crippen MR) is 130 cm³/mol. The minimum absolute atomic E-state index is 0.0491. The fourth-order valence-electron chi connectivity index (χ4n) is 4.40. The summed E-state index contributed by atoms with van der Waals surface area (Å²) in [7, 11) is -9.73. The maximum absolute atomic E-state index is 16.2. The molecule has 21 heteroatoms. The van der Waals surface area contributed by atoms with Crippen molar-refractivity contribution >= 4 is 31.5 Å². The molecule has 0 atom stereocenters. The second-order valence-electron chi connectivity index (χ2n) is 8.83. The van der Waals surface area contributed by atoms with Crippen molar-refractivity contribution in [3.8, 4) is 22.8 Å². The Balaban J connectivity index is 2.23. The lowest BCUT2D eigenvalue weighted by Crippen LogP contribution is -2.30. The average molecular weight is 681 g/mol. The molecule has 4 rings (SSSR count). The molecule has 1 aromatic heterocycles. The molecule has 3 aromatic carbocycles. The van der Waals surface area contributed by atoms with Crippen molar-refractivity contribution < 1.29 is 69.1 Å². The highest BCUT2D eigenvalue weighted by Gasteiger charge is 2.48. The number of nitrogens with zero attached hydrogens (tertiary/aromatic N) is 1. The van der Waals surface area contributed by atoms with Crippen LogP contribution in [0.5, 0.6) is 11.5 Å². The molecule has 0 amide bonds. The number of rotatable bonds is 7. The molecule has 0 aliphatic carbocycles. The molecular weight excluding hydrogens is 668 g/mol. The van der Waals surface area contributed by atoms with Crippen molar-refractivity contribution in [3.05, 3.63) is 82.2 Å². The standard InChI is InChI=1S/C23H13F10N3O6S2/c1-8-14-12(22(29,30)31)6-11(42-44(35,39)40)7-13(14)36(21(8)9-2-4-10(5-3-9)41-43(34,37)38)23(32,33)15-16(24)18(26)20(28)19(27)17(15)25/h2-7H,1H3,(H2,34,37,38)(H2,35,39,40). The van der Waals surface area contributed by atoms with E-state index in [1.54, 1.807) is 0 Å². The maximum Gasteiger partial charge on any atom is 0.417 e. The number of fused-ring (bicyclic) bond motifs is 1. The van der Waals surface area contributed by atoms with E-state index in [0.717, 1.165) is 31.2 Å². The molecule has 0 spiro atoms. The number of hydrogen-bond donors (Lipinski definition) is 2. The van der Waals surface area contributed by atoms with Crippen molar-refractivity contribution in [3.63, 3.8) is 0 Å². The number of alkyl halides is 5. The Labute approximate surface area is 239 Å². The highest BCUT2D eigenvalue weighted by molar-refractivity contribution is 7.85. The van der Waals surface area contributed by atoms with Crippen LogP contribution in [-0.4, -0.2) is 21.4 Å². The minimum Gasteiger partial charge on any atom is -0.371 e. The second-order valence-corrected chi connectivity index (χ2v) is 11.1. The second kappa shape index (κ2) is 10.5. The first-order valence-electron chi connectivity index (χ1n) is 11.2. The highest BCUT2D eigenvalue weighted by atomic mass is 32.2. The topological polar surface area (TPSA) is 144 Å². The molecule has 44 heavy (non-hydrogen) atoms. The van der Waals surface area contributed by atoms with E-state index in [1.807, 2.05) is 0 Å². The number of aryl methyl sites for hydroxylation is 1. The Morgan fingerprint density at radius 2 is 1.16 bits per heavy atom. The van der Waals surface area contributed by atoms with Gasteiger partial charge in [-0.05, 0) is 48.4 Å². The van der Waals surface area contributed by atoms with Crippen LogP contribution in [0.15, 0.2) is 36.4 Å². The van der Waals surface area contributed by atoms with Gasteiger partial charge in [-0.1, -0.05) is 0 Å². The number of aromatic nitrogens is 1. The summed E-state index contributed by atoms with van der Waals surface area (Å²) in [5.74, 6) is -16.4. The van der Waals surface area contributed by atoms with Gasteiger partial charge in [-0.2, -0.15) is 49.1 Å². The zero-order chi connectivity index (χ0) is 33.3. The summed E-state index contributed by atoms with van der Waals surface area (Å²) in [4.78, 5) is 0. The van der Waals surface area contributed by atoms with Gasteiger partial charge in [-0.15, -0.1) is 0 Å². The van der Waals surface area contributed by atoms with Gasteiger partial charge >= 0.3 is 32.8 Å². The highest BCUT2D eigenvalue weighted by Crippen LogP contribution is 2.49. The molecule has 0 saturated heterocycles.